The highest BCUT2D eigenvalue weighted by Crippen LogP contribution is 2.43. The molecule has 0 saturated carbocycles. The second kappa shape index (κ2) is 35.3. The lowest BCUT2D eigenvalue weighted by Crippen LogP contribution is -2.43. The number of carbonyl (C=O) groups excluding carboxylic acids is 2. The molecule has 0 saturated heterocycles. The van der Waals surface area contributed by atoms with Crippen LogP contribution in [0.2, 0.25) is 0 Å². The molecule has 0 fully saturated rings. The Kier molecular flexibility index (Phi) is 34.0. The molecule has 3 unspecified atom stereocenters. The van der Waals surface area contributed by atoms with Crippen molar-refractivity contribution in [1.82, 2.24) is 5.32 Å². The van der Waals surface area contributed by atoms with Crippen LogP contribution in [0, 0.1) is 0 Å². The molecule has 300 valence electrons. The minimum atomic E-state index is -4.74. The van der Waals surface area contributed by atoms with E-state index < -0.39 is 57.6 Å². The van der Waals surface area contributed by atoms with Gasteiger partial charge in [0.15, 0.2) is 6.04 Å². The maximum Gasteiger partial charge on any atom is 0.472 e. The Bertz CT molecular complexity index is 932. The number of hydrogen-bond acceptors (Lipinski definition) is 8. The molecule has 0 bridgehead atoms. The summed E-state index contributed by atoms with van der Waals surface area (Å²) in [4.78, 5) is 45.6. The van der Waals surface area contributed by atoms with E-state index in [1.165, 1.54) is 109 Å². The summed E-state index contributed by atoms with van der Waals surface area (Å²) in [5, 5.41) is 21.7. The van der Waals surface area contributed by atoms with E-state index in [1.807, 2.05) is 0 Å². The maximum absolute atomic E-state index is 12.3. The predicted molar refractivity (Wildman–Crippen MR) is 203 cm³/mol. The quantitative estimate of drug-likeness (QED) is 0.0206. The van der Waals surface area contributed by atoms with Crippen molar-refractivity contribution in [1.29, 1.82) is 0 Å². The molecule has 0 aliphatic rings. The molecular formula is C39H74NO10P. The maximum atomic E-state index is 12.3. The number of esters is 1. The first kappa shape index (κ1) is 49.2. The number of ether oxygens (including phenoxy) is 1. The summed E-state index contributed by atoms with van der Waals surface area (Å²) in [6, 6.07) is -1.54. The molecule has 0 aromatic carbocycles. The number of nitrogens with one attached hydrogen (secondary N) is 1. The molecule has 0 aromatic heterocycles. The molecular weight excluding hydrogens is 673 g/mol. The van der Waals surface area contributed by atoms with E-state index in [9.17, 15) is 34.1 Å². The summed E-state index contributed by atoms with van der Waals surface area (Å²) in [6.07, 6.45) is 32.6. The molecule has 0 rings (SSSR count). The first-order valence-corrected chi connectivity index (χ1v) is 21.7. The van der Waals surface area contributed by atoms with E-state index in [4.69, 9.17) is 13.8 Å². The molecule has 3 atom stereocenters. The molecule has 0 heterocycles. The number of carboxylic acids is 1. The third kappa shape index (κ3) is 35.0. The Morgan fingerprint density at radius 3 is 1.49 bits per heavy atom. The van der Waals surface area contributed by atoms with Gasteiger partial charge in [-0.15, -0.1) is 0 Å². The number of allylic oxidation sites excluding steroid dienone is 2. The molecule has 4 N–H and O–H groups in total. The fourth-order valence-corrected chi connectivity index (χ4v) is 6.38. The number of amides is 1. The third-order valence-corrected chi connectivity index (χ3v) is 9.76. The fraction of sp³-hybridized carbons (Fsp3) is 0.872. The van der Waals surface area contributed by atoms with E-state index in [1.54, 1.807) is 0 Å². The lowest BCUT2D eigenvalue weighted by Gasteiger charge is -2.18. The molecule has 0 spiro atoms. The average molecular weight is 748 g/mol. The molecule has 51 heavy (non-hydrogen) atoms. The third-order valence-electron chi connectivity index (χ3n) is 8.80. The first-order chi connectivity index (χ1) is 24.6. The van der Waals surface area contributed by atoms with Crippen LogP contribution >= 0.6 is 7.82 Å². The lowest BCUT2D eigenvalue weighted by atomic mass is 10.1. The number of unbranched alkanes of at least 4 members (excludes halogenated alkanes) is 22. The predicted octanol–water partition coefficient (Wildman–Crippen LogP) is 9.72. The van der Waals surface area contributed by atoms with Crippen LogP contribution in [0.4, 0.5) is 0 Å². The minimum absolute atomic E-state index is 0.146. The lowest BCUT2D eigenvalue weighted by molar-refractivity contribution is -0.147. The first-order valence-electron chi connectivity index (χ1n) is 20.2. The zero-order valence-electron chi connectivity index (χ0n) is 32.2. The molecule has 11 nitrogen and oxygen atoms in total. The van der Waals surface area contributed by atoms with Crippen LogP contribution in [0.15, 0.2) is 12.2 Å². The van der Waals surface area contributed by atoms with Gasteiger partial charge >= 0.3 is 19.8 Å². The van der Waals surface area contributed by atoms with Crippen LogP contribution < -0.4 is 5.32 Å². The molecule has 0 aliphatic heterocycles. The van der Waals surface area contributed by atoms with Gasteiger partial charge < -0.3 is 25.2 Å². The average Bonchev–Trinajstić information content (AvgIpc) is 3.10. The van der Waals surface area contributed by atoms with Crippen LogP contribution in [-0.4, -0.2) is 64.9 Å². The number of aliphatic carboxylic acids is 1. The molecule has 12 heteroatoms. The topological polar surface area (TPSA) is 169 Å². The monoisotopic (exact) mass is 748 g/mol. The van der Waals surface area contributed by atoms with Crippen molar-refractivity contribution in [3.05, 3.63) is 12.2 Å². The summed E-state index contributed by atoms with van der Waals surface area (Å²) in [7, 11) is -4.74. The van der Waals surface area contributed by atoms with Gasteiger partial charge in [-0.1, -0.05) is 148 Å². The highest BCUT2D eigenvalue weighted by atomic mass is 31.2. The highest BCUT2D eigenvalue weighted by molar-refractivity contribution is 7.47. The highest BCUT2D eigenvalue weighted by Gasteiger charge is 2.28. The van der Waals surface area contributed by atoms with Crippen molar-refractivity contribution in [2.75, 3.05) is 19.8 Å². The van der Waals surface area contributed by atoms with Gasteiger partial charge in [0.05, 0.1) is 13.2 Å². The van der Waals surface area contributed by atoms with Crippen molar-refractivity contribution in [2.45, 2.75) is 199 Å². The normalized spacial score (nSPS) is 14.0. The minimum Gasteiger partial charge on any atom is -0.480 e. The Morgan fingerprint density at radius 2 is 1.02 bits per heavy atom. The number of phosphoric acid groups is 1. The number of aliphatic hydroxyl groups is 1. The second-order valence-corrected chi connectivity index (χ2v) is 15.3. The van der Waals surface area contributed by atoms with Crippen molar-refractivity contribution >= 4 is 25.7 Å². The SMILES string of the molecule is CCCCCCCC/C=C/CCCCCCCCCCCC(=O)NC(COP(=O)(O)OCC(O)COC(=O)CCCCCCCCCC)C(=O)O. The number of aliphatic hydroxyl groups excluding tert-OH is 1. The van der Waals surface area contributed by atoms with Crippen LogP contribution in [0.5, 0.6) is 0 Å². The fourth-order valence-electron chi connectivity index (χ4n) is 5.60. The van der Waals surface area contributed by atoms with E-state index in [-0.39, 0.29) is 12.8 Å². The number of carbonyl (C=O) groups is 3. The van der Waals surface area contributed by atoms with Crippen molar-refractivity contribution in [3.8, 4) is 0 Å². The van der Waals surface area contributed by atoms with Gasteiger partial charge in [-0.3, -0.25) is 18.6 Å². The molecule has 1 amide bonds. The summed E-state index contributed by atoms with van der Waals surface area (Å²) in [5.74, 6) is -2.37. The van der Waals surface area contributed by atoms with Crippen LogP contribution in [-0.2, 0) is 32.7 Å². The Hall–Kier alpha value is -1.78. The Morgan fingerprint density at radius 1 is 0.608 bits per heavy atom. The number of carboxylic acid groups (broad SMARTS) is 1. The van der Waals surface area contributed by atoms with Crippen molar-refractivity contribution < 1.29 is 47.8 Å². The van der Waals surface area contributed by atoms with Gasteiger partial charge in [0.1, 0.15) is 12.7 Å². The van der Waals surface area contributed by atoms with Crippen LogP contribution in [0.1, 0.15) is 187 Å². The van der Waals surface area contributed by atoms with Crippen LogP contribution in [0.3, 0.4) is 0 Å². The van der Waals surface area contributed by atoms with Gasteiger partial charge in [-0.05, 0) is 38.5 Å². The van der Waals surface area contributed by atoms with Crippen molar-refractivity contribution in [3.63, 3.8) is 0 Å². The summed E-state index contributed by atoms with van der Waals surface area (Å²) in [5.41, 5.74) is 0. The van der Waals surface area contributed by atoms with Gasteiger partial charge in [-0.25, -0.2) is 9.36 Å². The van der Waals surface area contributed by atoms with Gasteiger partial charge in [0, 0.05) is 12.8 Å². The number of hydrogen-bond donors (Lipinski definition) is 4. The largest absolute Gasteiger partial charge is 0.480 e. The van der Waals surface area contributed by atoms with Crippen molar-refractivity contribution in [2.24, 2.45) is 0 Å². The van der Waals surface area contributed by atoms with Crippen LogP contribution in [0.25, 0.3) is 0 Å². The zero-order chi connectivity index (χ0) is 37.8. The summed E-state index contributed by atoms with van der Waals surface area (Å²) >= 11 is 0. The Balaban J connectivity index is 3.90. The van der Waals surface area contributed by atoms with Gasteiger partial charge in [-0.2, -0.15) is 0 Å². The van der Waals surface area contributed by atoms with Gasteiger partial charge in [0.2, 0.25) is 5.91 Å². The van der Waals surface area contributed by atoms with E-state index >= 15 is 0 Å². The summed E-state index contributed by atoms with van der Waals surface area (Å²) < 4.78 is 26.7. The molecule has 0 aromatic rings. The van der Waals surface area contributed by atoms with Gasteiger partial charge in [0.25, 0.3) is 0 Å². The van der Waals surface area contributed by atoms with E-state index in [0.29, 0.717) is 12.8 Å². The number of phosphoric ester groups is 1. The second-order valence-electron chi connectivity index (χ2n) is 13.8. The molecule has 0 radical (unpaired) electrons. The van der Waals surface area contributed by atoms with E-state index in [0.717, 1.165) is 38.5 Å². The summed E-state index contributed by atoms with van der Waals surface area (Å²) in [6.45, 7) is 2.54. The smallest absolute Gasteiger partial charge is 0.472 e. The molecule has 0 aliphatic carbocycles. The standard InChI is InChI=1S/C39H74NO10P/c1-3-5-7-9-11-13-14-15-16-17-18-19-20-21-22-23-24-26-28-30-37(42)40-36(39(44)45)34-50-51(46,47)49-33-35(41)32-48-38(43)31-29-27-25-12-10-8-6-4-2/h15-16,35-36,41H,3-14,17-34H2,1-2H3,(H,40,42)(H,44,45)(H,46,47)/b16-15+. The Labute approximate surface area is 309 Å². The number of rotatable bonds is 38. The van der Waals surface area contributed by atoms with E-state index in [2.05, 4.69) is 31.3 Å². The zero-order valence-corrected chi connectivity index (χ0v) is 33.1.